The largest absolute Gasteiger partial charge is 0.338 e. The summed E-state index contributed by atoms with van der Waals surface area (Å²) >= 11 is 0. The third-order valence-electron chi connectivity index (χ3n) is 2.72. The maximum absolute atomic E-state index is 11.3. The highest BCUT2D eigenvalue weighted by Crippen LogP contribution is 2.23. The molecule has 0 saturated carbocycles. The van der Waals surface area contributed by atoms with Crippen LogP contribution in [0.1, 0.15) is 52.9 Å². The molecule has 2 heteroatoms. The summed E-state index contributed by atoms with van der Waals surface area (Å²) in [6.45, 7) is 6.45. The quantitative estimate of drug-likeness (QED) is 0.402. The Balaban J connectivity index is 3.65. The SMILES string of the molecule is CCCC=CC(CC)CCC[P+](=O)CC. The van der Waals surface area contributed by atoms with Crippen molar-refractivity contribution in [1.29, 1.82) is 0 Å². The second kappa shape index (κ2) is 10.4. The molecule has 0 saturated heterocycles. The van der Waals surface area contributed by atoms with E-state index in [1.165, 1.54) is 25.7 Å². The molecular formula is C13H26OP+. The van der Waals surface area contributed by atoms with Gasteiger partial charge >= 0.3 is 7.80 Å². The molecule has 1 nitrogen and oxygen atoms in total. The fourth-order valence-corrected chi connectivity index (χ4v) is 2.43. The number of allylic oxidation sites excluding steroid dienone is 2. The van der Waals surface area contributed by atoms with Gasteiger partial charge in [0, 0.05) is 0 Å². The van der Waals surface area contributed by atoms with Gasteiger partial charge in [0.05, 0.1) is 0 Å². The molecule has 0 aliphatic carbocycles. The van der Waals surface area contributed by atoms with Crippen LogP contribution in [0.4, 0.5) is 0 Å². The van der Waals surface area contributed by atoms with E-state index in [4.69, 9.17) is 0 Å². The van der Waals surface area contributed by atoms with Crippen molar-refractivity contribution in [1.82, 2.24) is 0 Å². The first-order chi connectivity index (χ1) is 7.24. The Morgan fingerprint density at radius 3 is 2.53 bits per heavy atom. The minimum absolute atomic E-state index is 0.705. The number of hydrogen-bond donors (Lipinski definition) is 0. The lowest BCUT2D eigenvalue weighted by Gasteiger charge is -2.07. The van der Waals surface area contributed by atoms with Crippen molar-refractivity contribution >= 4 is 7.80 Å². The van der Waals surface area contributed by atoms with E-state index < -0.39 is 7.80 Å². The van der Waals surface area contributed by atoms with Crippen molar-refractivity contribution in [3.05, 3.63) is 12.2 Å². The van der Waals surface area contributed by atoms with E-state index in [1.54, 1.807) is 0 Å². The first-order valence-electron chi connectivity index (χ1n) is 6.33. The highest BCUT2D eigenvalue weighted by Gasteiger charge is 2.11. The lowest BCUT2D eigenvalue weighted by Crippen LogP contribution is -1.95. The van der Waals surface area contributed by atoms with Crippen molar-refractivity contribution in [3.63, 3.8) is 0 Å². The molecule has 0 aromatic heterocycles. The van der Waals surface area contributed by atoms with Gasteiger partial charge in [0.2, 0.25) is 0 Å². The van der Waals surface area contributed by atoms with Gasteiger partial charge in [-0.15, -0.1) is 0 Å². The third-order valence-corrected chi connectivity index (χ3v) is 4.24. The van der Waals surface area contributed by atoms with Crippen molar-refractivity contribution in [2.24, 2.45) is 5.92 Å². The van der Waals surface area contributed by atoms with E-state index in [0.717, 1.165) is 18.7 Å². The maximum Gasteiger partial charge on any atom is 0.338 e. The molecule has 0 spiro atoms. The van der Waals surface area contributed by atoms with Gasteiger partial charge in [-0.3, -0.25) is 0 Å². The Kier molecular flexibility index (Phi) is 10.3. The predicted molar refractivity (Wildman–Crippen MR) is 70.1 cm³/mol. The topological polar surface area (TPSA) is 17.1 Å². The Morgan fingerprint density at radius 1 is 1.27 bits per heavy atom. The lowest BCUT2D eigenvalue weighted by atomic mass is 10.00. The fraction of sp³-hybridized carbons (Fsp3) is 0.846. The molecule has 0 aromatic rings. The summed E-state index contributed by atoms with van der Waals surface area (Å²) in [6.07, 6.45) is 12.4. The highest BCUT2D eigenvalue weighted by molar-refractivity contribution is 7.44. The summed E-state index contributed by atoms with van der Waals surface area (Å²) in [4.78, 5) is 0. The van der Waals surface area contributed by atoms with Gasteiger partial charge in [-0.05, 0) is 38.5 Å². The van der Waals surface area contributed by atoms with Crippen molar-refractivity contribution in [3.8, 4) is 0 Å². The molecular weight excluding hydrogens is 203 g/mol. The van der Waals surface area contributed by atoms with Crippen LogP contribution in [0.15, 0.2) is 12.2 Å². The van der Waals surface area contributed by atoms with E-state index in [-0.39, 0.29) is 0 Å². The summed E-state index contributed by atoms with van der Waals surface area (Å²) in [5.74, 6) is 0.705. The monoisotopic (exact) mass is 229 g/mol. The normalized spacial score (nSPS) is 14.5. The van der Waals surface area contributed by atoms with Crippen LogP contribution in [-0.4, -0.2) is 12.3 Å². The molecule has 0 rings (SSSR count). The van der Waals surface area contributed by atoms with Gasteiger partial charge < -0.3 is 0 Å². The van der Waals surface area contributed by atoms with Crippen LogP contribution in [0, 0.1) is 5.92 Å². The average Bonchev–Trinajstić information content (AvgIpc) is 2.26. The average molecular weight is 229 g/mol. The standard InChI is InChI=1S/C13H26OP/c1-4-7-8-10-13(5-2)11-9-12-15(14)6-3/h8,10,13H,4-7,9,11-12H2,1-3H3/q+1. The molecule has 0 amide bonds. The van der Waals surface area contributed by atoms with Gasteiger partial charge in [-0.2, -0.15) is 0 Å². The Labute approximate surface area is 96.1 Å². The highest BCUT2D eigenvalue weighted by atomic mass is 31.1. The first kappa shape index (κ1) is 14.8. The summed E-state index contributed by atoms with van der Waals surface area (Å²) in [7, 11) is -0.904. The zero-order valence-corrected chi connectivity index (χ0v) is 11.4. The molecule has 2 atom stereocenters. The van der Waals surface area contributed by atoms with Crippen LogP contribution in [-0.2, 0) is 4.57 Å². The van der Waals surface area contributed by atoms with E-state index in [0.29, 0.717) is 5.92 Å². The van der Waals surface area contributed by atoms with E-state index in [1.807, 2.05) is 6.92 Å². The smallest absolute Gasteiger partial charge is 0.0883 e. The zero-order valence-electron chi connectivity index (χ0n) is 10.5. The molecule has 0 aliphatic heterocycles. The maximum atomic E-state index is 11.3. The van der Waals surface area contributed by atoms with Crippen LogP contribution >= 0.6 is 7.80 Å². The van der Waals surface area contributed by atoms with Crippen LogP contribution in [0.3, 0.4) is 0 Å². The number of rotatable bonds is 9. The molecule has 0 heterocycles. The molecule has 0 fully saturated rings. The minimum Gasteiger partial charge on any atom is -0.0883 e. The Hall–Kier alpha value is -0.160. The fourth-order valence-electron chi connectivity index (χ4n) is 1.58. The third kappa shape index (κ3) is 8.81. The van der Waals surface area contributed by atoms with Gasteiger partial charge in [-0.1, -0.05) is 37.0 Å². The van der Waals surface area contributed by atoms with Gasteiger partial charge in [-0.25, -0.2) is 0 Å². The summed E-state index contributed by atoms with van der Waals surface area (Å²) in [6, 6.07) is 0. The Bertz CT molecular complexity index is 187. The minimum atomic E-state index is -0.904. The van der Waals surface area contributed by atoms with Crippen molar-refractivity contribution < 1.29 is 4.57 Å². The van der Waals surface area contributed by atoms with Crippen LogP contribution in [0.25, 0.3) is 0 Å². The molecule has 0 radical (unpaired) electrons. The van der Waals surface area contributed by atoms with E-state index in [9.17, 15) is 4.57 Å². The van der Waals surface area contributed by atoms with E-state index >= 15 is 0 Å². The zero-order chi connectivity index (χ0) is 11.5. The molecule has 0 bridgehead atoms. The van der Waals surface area contributed by atoms with E-state index in [2.05, 4.69) is 26.0 Å². The molecule has 88 valence electrons. The first-order valence-corrected chi connectivity index (χ1v) is 7.96. The second-order valence-electron chi connectivity index (χ2n) is 4.05. The Morgan fingerprint density at radius 2 is 2.00 bits per heavy atom. The van der Waals surface area contributed by atoms with Crippen LogP contribution < -0.4 is 0 Å². The number of unbranched alkanes of at least 4 members (excludes halogenated alkanes) is 1. The van der Waals surface area contributed by atoms with Gasteiger partial charge in [0.1, 0.15) is 12.3 Å². The molecule has 0 aromatic carbocycles. The van der Waals surface area contributed by atoms with Gasteiger partial charge in [0.25, 0.3) is 0 Å². The molecule has 0 aliphatic rings. The van der Waals surface area contributed by atoms with Crippen LogP contribution in [0.5, 0.6) is 0 Å². The number of hydrogen-bond acceptors (Lipinski definition) is 1. The summed E-state index contributed by atoms with van der Waals surface area (Å²) in [5.41, 5.74) is 0. The molecule has 2 unspecified atom stereocenters. The molecule has 15 heavy (non-hydrogen) atoms. The summed E-state index contributed by atoms with van der Waals surface area (Å²) in [5, 5.41) is 0. The predicted octanol–water partition coefficient (Wildman–Crippen LogP) is 5.00. The van der Waals surface area contributed by atoms with Crippen molar-refractivity contribution in [2.45, 2.75) is 52.9 Å². The van der Waals surface area contributed by atoms with Gasteiger partial charge in [0.15, 0.2) is 0 Å². The summed E-state index contributed by atoms with van der Waals surface area (Å²) < 4.78 is 11.3. The van der Waals surface area contributed by atoms with Crippen LogP contribution in [0.2, 0.25) is 0 Å². The second-order valence-corrected chi connectivity index (χ2v) is 6.09. The molecule has 0 N–H and O–H groups in total. The van der Waals surface area contributed by atoms with Crippen molar-refractivity contribution in [2.75, 3.05) is 12.3 Å². The lowest BCUT2D eigenvalue weighted by molar-refractivity contribution is 0.553.